The van der Waals surface area contributed by atoms with Gasteiger partial charge in [-0.1, -0.05) is 6.07 Å². The third kappa shape index (κ3) is 2.36. The number of rotatable bonds is 2. The highest BCUT2D eigenvalue weighted by Gasteiger charge is 2.22. The first-order valence-corrected chi connectivity index (χ1v) is 8.08. The molecule has 1 fully saturated rings. The van der Waals surface area contributed by atoms with E-state index in [4.69, 9.17) is 9.47 Å². The van der Waals surface area contributed by atoms with Gasteiger partial charge in [0.25, 0.3) is 0 Å². The van der Waals surface area contributed by atoms with Gasteiger partial charge < -0.3 is 14.0 Å². The Morgan fingerprint density at radius 1 is 1.12 bits per heavy atom. The monoisotopic (exact) mass is 327 g/mol. The highest BCUT2D eigenvalue weighted by atomic mass is 19.1. The van der Waals surface area contributed by atoms with Gasteiger partial charge >= 0.3 is 5.97 Å². The second kappa shape index (κ2) is 5.91. The minimum atomic E-state index is -0.369. The quantitative estimate of drug-likeness (QED) is 0.666. The van der Waals surface area contributed by atoms with Crippen LogP contribution in [0.25, 0.3) is 21.8 Å². The van der Waals surface area contributed by atoms with Crippen LogP contribution in [0.2, 0.25) is 0 Å². The van der Waals surface area contributed by atoms with Crippen molar-refractivity contribution in [3.05, 3.63) is 47.8 Å². The van der Waals surface area contributed by atoms with Crippen molar-refractivity contribution in [2.75, 3.05) is 20.3 Å². The fourth-order valence-corrected chi connectivity index (χ4v) is 3.60. The summed E-state index contributed by atoms with van der Waals surface area (Å²) in [4.78, 5) is 11.9. The van der Waals surface area contributed by atoms with Crippen LogP contribution in [0.1, 0.15) is 29.2 Å². The summed E-state index contributed by atoms with van der Waals surface area (Å²) in [5.74, 6) is -0.626. The van der Waals surface area contributed by atoms with E-state index in [1.54, 1.807) is 18.2 Å². The van der Waals surface area contributed by atoms with E-state index in [9.17, 15) is 9.18 Å². The number of ether oxygens (including phenoxy) is 2. The molecule has 0 unspecified atom stereocenters. The highest BCUT2D eigenvalue weighted by Crippen LogP contribution is 2.36. The van der Waals surface area contributed by atoms with Gasteiger partial charge in [-0.15, -0.1) is 0 Å². The maximum atomic E-state index is 13.9. The molecule has 2 aromatic carbocycles. The fourth-order valence-electron chi connectivity index (χ4n) is 3.60. The molecule has 24 heavy (non-hydrogen) atoms. The van der Waals surface area contributed by atoms with Crippen molar-refractivity contribution in [2.24, 2.45) is 0 Å². The van der Waals surface area contributed by atoms with Gasteiger partial charge in [-0.25, -0.2) is 9.18 Å². The van der Waals surface area contributed by atoms with Crippen molar-refractivity contribution in [1.29, 1.82) is 0 Å². The van der Waals surface area contributed by atoms with E-state index in [0.29, 0.717) is 18.8 Å². The molecule has 1 aliphatic heterocycles. The lowest BCUT2D eigenvalue weighted by atomic mass is 10.1. The molecule has 1 aliphatic rings. The minimum Gasteiger partial charge on any atom is -0.465 e. The normalized spacial score (nSPS) is 15.9. The molecule has 1 aromatic heterocycles. The molecule has 0 radical (unpaired) electrons. The molecular weight excluding hydrogens is 309 g/mol. The zero-order valence-corrected chi connectivity index (χ0v) is 13.4. The van der Waals surface area contributed by atoms with Crippen LogP contribution < -0.4 is 0 Å². The molecule has 0 aliphatic carbocycles. The van der Waals surface area contributed by atoms with Gasteiger partial charge in [0.2, 0.25) is 0 Å². The van der Waals surface area contributed by atoms with Crippen LogP contribution in [-0.2, 0) is 9.47 Å². The molecule has 0 N–H and O–H groups in total. The standard InChI is InChI=1S/C19H18FNO3/c1-23-19(22)12-2-4-15-16-5-3-13(20)11-18(16)21(17(15)10-12)14-6-8-24-9-7-14/h2-5,10-11,14H,6-9H2,1H3. The summed E-state index contributed by atoms with van der Waals surface area (Å²) in [7, 11) is 1.37. The lowest BCUT2D eigenvalue weighted by molar-refractivity contribution is 0.0600. The average molecular weight is 327 g/mol. The maximum Gasteiger partial charge on any atom is 0.337 e. The summed E-state index contributed by atoms with van der Waals surface area (Å²) < 4.78 is 26.3. The largest absolute Gasteiger partial charge is 0.465 e. The van der Waals surface area contributed by atoms with E-state index in [-0.39, 0.29) is 17.8 Å². The number of benzene rings is 2. The van der Waals surface area contributed by atoms with Crippen molar-refractivity contribution in [2.45, 2.75) is 18.9 Å². The molecule has 3 aromatic rings. The number of methoxy groups -OCH3 is 1. The smallest absolute Gasteiger partial charge is 0.337 e. The van der Waals surface area contributed by atoms with Crippen molar-refractivity contribution in [3.63, 3.8) is 0 Å². The van der Waals surface area contributed by atoms with E-state index in [1.807, 2.05) is 12.1 Å². The molecule has 4 nitrogen and oxygen atoms in total. The molecule has 0 atom stereocenters. The van der Waals surface area contributed by atoms with E-state index in [1.165, 1.54) is 13.2 Å². The Balaban J connectivity index is 2.02. The predicted molar refractivity (Wildman–Crippen MR) is 89.8 cm³/mol. The third-order valence-electron chi connectivity index (χ3n) is 4.74. The first-order valence-electron chi connectivity index (χ1n) is 8.08. The van der Waals surface area contributed by atoms with E-state index in [2.05, 4.69) is 4.57 Å². The molecule has 2 heterocycles. The van der Waals surface area contributed by atoms with Gasteiger partial charge in [0.05, 0.1) is 23.7 Å². The number of aromatic nitrogens is 1. The zero-order chi connectivity index (χ0) is 16.7. The van der Waals surface area contributed by atoms with Crippen molar-refractivity contribution in [1.82, 2.24) is 4.57 Å². The van der Waals surface area contributed by atoms with E-state index >= 15 is 0 Å². The van der Waals surface area contributed by atoms with Crippen LogP contribution in [0.4, 0.5) is 4.39 Å². The van der Waals surface area contributed by atoms with Crippen LogP contribution >= 0.6 is 0 Å². The van der Waals surface area contributed by atoms with Gasteiger partial charge in [0, 0.05) is 30.0 Å². The Labute approximate surface area is 138 Å². The molecule has 4 rings (SSSR count). The Morgan fingerprint density at radius 2 is 1.79 bits per heavy atom. The van der Waals surface area contributed by atoms with E-state index < -0.39 is 0 Å². The van der Waals surface area contributed by atoms with E-state index in [0.717, 1.165) is 34.6 Å². The second-order valence-electron chi connectivity index (χ2n) is 6.10. The summed E-state index contributed by atoms with van der Waals surface area (Å²) in [6, 6.07) is 10.6. The Bertz CT molecular complexity index is 925. The van der Waals surface area contributed by atoms with Crippen LogP contribution in [0.15, 0.2) is 36.4 Å². The first kappa shape index (κ1) is 15.1. The van der Waals surface area contributed by atoms with Crippen LogP contribution in [0.3, 0.4) is 0 Å². The summed E-state index contributed by atoms with van der Waals surface area (Å²) in [5.41, 5.74) is 2.30. The van der Waals surface area contributed by atoms with Gasteiger partial charge in [0.15, 0.2) is 0 Å². The summed E-state index contributed by atoms with van der Waals surface area (Å²) in [6.45, 7) is 1.38. The summed E-state index contributed by atoms with van der Waals surface area (Å²) >= 11 is 0. The molecule has 1 saturated heterocycles. The number of halogens is 1. The van der Waals surface area contributed by atoms with Gasteiger partial charge in [-0.2, -0.15) is 0 Å². The van der Waals surface area contributed by atoms with Crippen LogP contribution in [0.5, 0.6) is 0 Å². The molecule has 0 spiro atoms. The van der Waals surface area contributed by atoms with Crippen molar-refractivity contribution < 1.29 is 18.7 Å². The number of hydrogen-bond donors (Lipinski definition) is 0. The predicted octanol–water partition coefficient (Wildman–Crippen LogP) is 4.07. The van der Waals surface area contributed by atoms with Crippen molar-refractivity contribution in [3.8, 4) is 0 Å². The lowest BCUT2D eigenvalue weighted by Gasteiger charge is -2.25. The Hall–Kier alpha value is -2.40. The Kier molecular flexibility index (Phi) is 3.73. The number of carbonyl (C=O) groups is 1. The van der Waals surface area contributed by atoms with Crippen molar-refractivity contribution >= 4 is 27.8 Å². The number of carbonyl (C=O) groups excluding carboxylic acids is 1. The summed E-state index contributed by atoms with van der Waals surface area (Å²) in [6.07, 6.45) is 1.75. The van der Waals surface area contributed by atoms with Gasteiger partial charge in [-0.3, -0.25) is 0 Å². The average Bonchev–Trinajstić information content (AvgIpc) is 2.94. The third-order valence-corrected chi connectivity index (χ3v) is 4.74. The first-order chi connectivity index (χ1) is 11.7. The topological polar surface area (TPSA) is 40.5 Å². The maximum absolute atomic E-state index is 13.9. The number of nitrogens with zero attached hydrogens (tertiary/aromatic N) is 1. The molecule has 5 heteroatoms. The number of fused-ring (bicyclic) bond motifs is 3. The van der Waals surface area contributed by atoms with Gasteiger partial charge in [0.1, 0.15) is 5.82 Å². The SMILES string of the molecule is COC(=O)c1ccc2c3ccc(F)cc3n(C3CCOCC3)c2c1. The van der Waals surface area contributed by atoms with Crippen LogP contribution in [0, 0.1) is 5.82 Å². The second-order valence-corrected chi connectivity index (χ2v) is 6.10. The number of esters is 1. The van der Waals surface area contributed by atoms with Crippen LogP contribution in [-0.4, -0.2) is 30.9 Å². The summed E-state index contributed by atoms with van der Waals surface area (Å²) in [5, 5.41) is 2.01. The number of hydrogen-bond acceptors (Lipinski definition) is 3. The zero-order valence-electron chi connectivity index (χ0n) is 13.4. The lowest BCUT2D eigenvalue weighted by Crippen LogP contribution is -2.19. The molecule has 0 saturated carbocycles. The highest BCUT2D eigenvalue weighted by molar-refractivity contribution is 6.09. The fraction of sp³-hybridized carbons (Fsp3) is 0.316. The van der Waals surface area contributed by atoms with Gasteiger partial charge in [-0.05, 0) is 43.2 Å². The Morgan fingerprint density at radius 3 is 2.50 bits per heavy atom. The molecule has 0 bridgehead atoms. The minimum absolute atomic E-state index is 0.230. The molecular formula is C19H18FNO3. The molecule has 124 valence electrons. The molecule has 0 amide bonds.